The summed E-state index contributed by atoms with van der Waals surface area (Å²) in [6.07, 6.45) is 0.0494. The molecular weight excluding hydrogens is 296 g/mol. The Kier molecular flexibility index (Phi) is 4.44. The highest BCUT2D eigenvalue weighted by Gasteiger charge is 2.28. The molecule has 1 saturated heterocycles. The second kappa shape index (κ2) is 6.11. The maximum atomic E-state index is 12.1. The van der Waals surface area contributed by atoms with Gasteiger partial charge in [-0.05, 0) is 24.6 Å². The number of nitrogens with one attached hydrogen (secondary N) is 4. The predicted molar refractivity (Wildman–Crippen MR) is 77.9 cm³/mol. The van der Waals surface area contributed by atoms with E-state index in [1.165, 1.54) is 13.1 Å². The van der Waals surface area contributed by atoms with Crippen LogP contribution >= 0.6 is 11.6 Å². The number of halogens is 1. The maximum Gasteiger partial charge on any atom is 0.253 e. The van der Waals surface area contributed by atoms with Gasteiger partial charge in [0.1, 0.15) is 6.04 Å². The van der Waals surface area contributed by atoms with Crippen LogP contribution in [0.2, 0.25) is 5.02 Å². The smallest absolute Gasteiger partial charge is 0.253 e. The van der Waals surface area contributed by atoms with E-state index in [-0.39, 0.29) is 23.8 Å². The van der Waals surface area contributed by atoms with E-state index in [1.807, 2.05) is 0 Å². The third kappa shape index (κ3) is 3.32. The number of aryl methyl sites for hydroxylation is 1. The minimum absolute atomic E-state index is 0.0494. The zero-order chi connectivity index (χ0) is 15.6. The molecule has 8 heteroatoms. The first-order chi connectivity index (χ1) is 9.92. The second-order valence-electron chi connectivity index (χ2n) is 4.66. The SMILES string of the molecule is CNC(=O)c1cc(Cl)cc(C)c1NC(=O)C1CC(=O)NN1. The lowest BCUT2D eigenvalue weighted by atomic mass is 10.1. The van der Waals surface area contributed by atoms with Crippen LogP contribution in [0.4, 0.5) is 5.69 Å². The number of benzene rings is 1. The molecule has 0 bridgehead atoms. The van der Waals surface area contributed by atoms with Gasteiger partial charge in [0.25, 0.3) is 5.91 Å². The number of hydrogen-bond donors (Lipinski definition) is 4. The van der Waals surface area contributed by atoms with E-state index in [4.69, 9.17) is 11.6 Å². The summed E-state index contributed by atoms with van der Waals surface area (Å²) in [5, 5.41) is 5.57. The average molecular weight is 311 g/mol. The standard InChI is InChI=1S/C13H15ClN4O3/c1-6-3-7(14)4-8(12(20)15-2)11(6)16-13(21)9-5-10(19)18-17-9/h3-4,9,17H,5H2,1-2H3,(H,15,20)(H,16,21)(H,18,19). The first-order valence-electron chi connectivity index (χ1n) is 6.30. The van der Waals surface area contributed by atoms with Gasteiger partial charge < -0.3 is 10.6 Å². The summed E-state index contributed by atoms with van der Waals surface area (Å²) in [7, 11) is 1.49. The lowest BCUT2D eigenvalue weighted by molar-refractivity contribution is -0.121. The van der Waals surface area contributed by atoms with Gasteiger partial charge in [0.2, 0.25) is 11.8 Å². The summed E-state index contributed by atoms with van der Waals surface area (Å²) in [5.41, 5.74) is 6.25. The van der Waals surface area contributed by atoms with Crippen LogP contribution in [0.5, 0.6) is 0 Å². The molecule has 0 aromatic heterocycles. The van der Waals surface area contributed by atoms with E-state index in [0.29, 0.717) is 16.3 Å². The summed E-state index contributed by atoms with van der Waals surface area (Å²) < 4.78 is 0. The topological polar surface area (TPSA) is 99.3 Å². The van der Waals surface area contributed by atoms with Crippen molar-refractivity contribution in [2.75, 3.05) is 12.4 Å². The third-order valence-electron chi connectivity index (χ3n) is 3.11. The summed E-state index contributed by atoms with van der Waals surface area (Å²) in [6.45, 7) is 1.74. The molecule has 4 N–H and O–H groups in total. The van der Waals surface area contributed by atoms with Gasteiger partial charge in [-0.25, -0.2) is 5.43 Å². The average Bonchev–Trinajstić information content (AvgIpc) is 2.87. The van der Waals surface area contributed by atoms with E-state index in [2.05, 4.69) is 21.5 Å². The fourth-order valence-electron chi connectivity index (χ4n) is 2.05. The van der Waals surface area contributed by atoms with Crippen molar-refractivity contribution < 1.29 is 14.4 Å². The molecule has 1 aliphatic rings. The predicted octanol–water partition coefficient (Wildman–Crippen LogP) is 0.340. The fourth-order valence-corrected chi connectivity index (χ4v) is 2.32. The van der Waals surface area contributed by atoms with E-state index in [0.717, 1.165) is 0 Å². The largest absolute Gasteiger partial charge is 0.355 e. The third-order valence-corrected chi connectivity index (χ3v) is 3.33. The van der Waals surface area contributed by atoms with Crippen molar-refractivity contribution in [3.05, 3.63) is 28.3 Å². The minimum atomic E-state index is -0.676. The van der Waals surface area contributed by atoms with Crippen LogP contribution in [-0.2, 0) is 9.59 Å². The Morgan fingerprint density at radius 2 is 2.10 bits per heavy atom. The van der Waals surface area contributed by atoms with E-state index in [1.54, 1.807) is 13.0 Å². The van der Waals surface area contributed by atoms with Crippen LogP contribution in [0.15, 0.2) is 12.1 Å². The van der Waals surface area contributed by atoms with Gasteiger partial charge in [-0.3, -0.25) is 19.8 Å². The van der Waals surface area contributed by atoms with Gasteiger partial charge >= 0.3 is 0 Å². The molecule has 0 radical (unpaired) electrons. The van der Waals surface area contributed by atoms with Gasteiger partial charge in [0.15, 0.2) is 0 Å². The van der Waals surface area contributed by atoms with Crippen molar-refractivity contribution in [2.24, 2.45) is 0 Å². The zero-order valence-electron chi connectivity index (χ0n) is 11.5. The molecule has 0 saturated carbocycles. The summed E-state index contributed by atoms with van der Waals surface area (Å²) in [5.74, 6) is -1.01. The molecule has 1 aromatic rings. The number of carbonyl (C=O) groups excluding carboxylic acids is 3. The molecule has 112 valence electrons. The van der Waals surface area contributed by atoms with Crippen LogP contribution in [0.3, 0.4) is 0 Å². The van der Waals surface area contributed by atoms with Crippen LogP contribution in [0.25, 0.3) is 0 Å². The first kappa shape index (κ1) is 15.3. The molecule has 2 rings (SSSR count). The number of amides is 3. The molecular formula is C13H15ClN4O3. The molecule has 0 aliphatic carbocycles. The lowest BCUT2D eigenvalue weighted by Gasteiger charge is -2.16. The Balaban J connectivity index is 2.28. The van der Waals surface area contributed by atoms with Crippen molar-refractivity contribution in [2.45, 2.75) is 19.4 Å². The highest BCUT2D eigenvalue weighted by Crippen LogP contribution is 2.26. The van der Waals surface area contributed by atoms with Crippen LogP contribution in [0, 0.1) is 6.92 Å². The van der Waals surface area contributed by atoms with E-state index >= 15 is 0 Å². The Morgan fingerprint density at radius 1 is 1.38 bits per heavy atom. The first-order valence-corrected chi connectivity index (χ1v) is 6.67. The Bertz CT molecular complexity index is 618. The molecule has 1 atom stereocenters. The van der Waals surface area contributed by atoms with Crippen molar-refractivity contribution in [3.8, 4) is 0 Å². The van der Waals surface area contributed by atoms with Crippen molar-refractivity contribution >= 4 is 35.0 Å². The molecule has 1 aliphatic heterocycles. The number of hydrazine groups is 1. The van der Waals surface area contributed by atoms with Gasteiger partial charge in [-0.2, -0.15) is 0 Å². The van der Waals surface area contributed by atoms with E-state index in [9.17, 15) is 14.4 Å². The highest BCUT2D eigenvalue weighted by atomic mass is 35.5. The molecule has 1 fully saturated rings. The minimum Gasteiger partial charge on any atom is -0.355 e. The molecule has 21 heavy (non-hydrogen) atoms. The van der Waals surface area contributed by atoms with Crippen molar-refractivity contribution in [3.63, 3.8) is 0 Å². The van der Waals surface area contributed by atoms with E-state index < -0.39 is 11.9 Å². The monoisotopic (exact) mass is 310 g/mol. The number of hydrogen-bond acceptors (Lipinski definition) is 4. The summed E-state index contributed by atoms with van der Waals surface area (Å²) in [6, 6.07) is 2.45. The molecule has 1 aromatic carbocycles. The maximum absolute atomic E-state index is 12.1. The molecule has 1 heterocycles. The van der Waals surface area contributed by atoms with Gasteiger partial charge in [0, 0.05) is 12.1 Å². The van der Waals surface area contributed by atoms with Crippen LogP contribution < -0.4 is 21.5 Å². The summed E-state index contributed by atoms with van der Waals surface area (Å²) >= 11 is 5.95. The molecule has 1 unspecified atom stereocenters. The van der Waals surface area contributed by atoms with Crippen molar-refractivity contribution in [1.82, 2.24) is 16.2 Å². The summed E-state index contributed by atoms with van der Waals surface area (Å²) in [4.78, 5) is 35.1. The van der Waals surface area contributed by atoms with Gasteiger partial charge in [-0.1, -0.05) is 11.6 Å². The normalized spacial score (nSPS) is 17.3. The number of carbonyl (C=O) groups is 3. The lowest BCUT2D eigenvalue weighted by Crippen LogP contribution is -2.40. The van der Waals surface area contributed by atoms with Gasteiger partial charge in [-0.15, -0.1) is 0 Å². The quantitative estimate of drug-likeness (QED) is 0.647. The fraction of sp³-hybridized carbons (Fsp3) is 0.308. The highest BCUT2D eigenvalue weighted by molar-refractivity contribution is 6.31. The Hall–Kier alpha value is -2.12. The Labute approximate surface area is 126 Å². The number of rotatable bonds is 3. The Morgan fingerprint density at radius 3 is 2.67 bits per heavy atom. The zero-order valence-corrected chi connectivity index (χ0v) is 12.3. The van der Waals surface area contributed by atoms with Crippen molar-refractivity contribution in [1.29, 1.82) is 0 Å². The van der Waals surface area contributed by atoms with Crippen LogP contribution in [-0.4, -0.2) is 30.8 Å². The van der Waals surface area contributed by atoms with Crippen LogP contribution in [0.1, 0.15) is 22.3 Å². The molecule has 0 spiro atoms. The van der Waals surface area contributed by atoms with Gasteiger partial charge in [0.05, 0.1) is 17.7 Å². The number of anilines is 1. The molecule has 3 amide bonds. The second-order valence-corrected chi connectivity index (χ2v) is 5.10. The molecule has 7 nitrogen and oxygen atoms in total.